The van der Waals surface area contributed by atoms with Crippen molar-refractivity contribution in [2.45, 2.75) is 16.8 Å². The lowest BCUT2D eigenvalue weighted by molar-refractivity contribution is -0.136. The zero-order valence-electron chi connectivity index (χ0n) is 10.0. The van der Waals surface area contributed by atoms with Crippen molar-refractivity contribution >= 4 is 23.1 Å². The molecule has 0 spiro atoms. The van der Waals surface area contributed by atoms with E-state index in [0.29, 0.717) is 22.8 Å². The minimum atomic E-state index is -4.33. The van der Waals surface area contributed by atoms with E-state index in [9.17, 15) is 13.2 Å². The molecule has 0 fully saturated rings. The molecule has 6 heteroatoms. The van der Waals surface area contributed by atoms with E-state index in [1.807, 2.05) is 30.3 Å². The van der Waals surface area contributed by atoms with Crippen LogP contribution in [-0.2, 0) is 11.9 Å². The van der Waals surface area contributed by atoms with Crippen LogP contribution in [-0.4, -0.2) is 7.11 Å². The van der Waals surface area contributed by atoms with Crippen molar-refractivity contribution in [1.82, 2.24) is 0 Å². The Balaban J connectivity index is 2.21. The van der Waals surface area contributed by atoms with Crippen LogP contribution in [0.2, 0.25) is 0 Å². The van der Waals surface area contributed by atoms with Gasteiger partial charge in [0, 0.05) is 11.1 Å². The molecule has 2 rings (SSSR count). The first-order valence-electron chi connectivity index (χ1n) is 5.41. The summed E-state index contributed by atoms with van der Waals surface area (Å²) in [6, 6.07) is 9.38. The van der Waals surface area contributed by atoms with E-state index in [1.165, 1.54) is 12.5 Å². The van der Waals surface area contributed by atoms with Crippen LogP contribution in [0.4, 0.5) is 13.2 Å². The van der Waals surface area contributed by atoms with Crippen LogP contribution in [0.1, 0.15) is 10.4 Å². The van der Waals surface area contributed by atoms with Crippen molar-refractivity contribution in [1.29, 1.82) is 0 Å². The molecule has 1 nitrogen and oxygen atoms in total. The topological polar surface area (TPSA) is 9.23 Å². The molecule has 1 aromatic carbocycles. The molecule has 1 heterocycles. The summed E-state index contributed by atoms with van der Waals surface area (Å²) in [6.07, 6.45) is -4.33. The molecule has 0 aliphatic heterocycles. The SMILES string of the molecule is COc1csc(C(F)(F)F)c1SCc1ccccc1. The van der Waals surface area contributed by atoms with Crippen LogP contribution in [0.25, 0.3) is 0 Å². The van der Waals surface area contributed by atoms with Crippen molar-refractivity contribution in [2.24, 2.45) is 0 Å². The summed E-state index contributed by atoms with van der Waals surface area (Å²) < 4.78 is 43.6. The Kier molecular flexibility index (Phi) is 4.42. The standard InChI is InChI=1S/C13H11F3OS2/c1-17-10-8-19-12(13(14,15)16)11(10)18-7-9-5-3-2-4-6-9/h2-6,8H,7H2,1H3. The molecule has 0 atom stereocenters. The largest absolute Gasteiger partial charge is 0.495 e. The van der Waals surface area contributed by atoms with Crippen LogP contribution in [0.5, 0.6) is 5.75 Å². The fourth-order valence-corrected chi connectivity index (χ4v) is 3.74. The van der Waals surface area contributed by atoms with Crippen molar-refractivity contribution in [3.63, 3.8) is 0 Å². The van der Waals surface area contributed by atoms with Gasteiger partial charge in [-0.3, -0.25) is 0 Å². The third-order valence-corrected chi connectivity index (χ3v) is 4.72. The van der Waals surface area contributed by atoms with Gasteiger partial charge >= 0.3 is 6.18 Å². The number of hydrogen-bond acceptors (Lipinski definition) is 3. The zero-order chi connectivity index (χ0) is 13.9. The molecule has 0 radical (unpaired) electrons. The van der Waals surface area contributed by atoms with E-state index in [0.717, 1.165) is 17.3 Å². The highest BCUT2D eigenvalue weighted by molar-refractivity contribution is 7.98. The van der Waals surface area contributed by atoms with E-state index in [2.05, 4.69) is 0 Å². The first kappa shape index (κ1) is 14.3. The molecular weight excluding hydrogens is 293 g/mol. The summed E-state index contributed by atoms with van der Waals surface area (Å²) in [5.74, 6) is 0.773. The van der Waals surface area contributed by atoms with Crippen LogP contribution in [0.3, 0.4) is 0 Å². The van der Waals surface area contributed by atoms with E-state index in [-0.39, 0.29) is 4.90 Å². The fourth-order valence-electron chi connectivity index (χ4n) is 1.53. The van der Waals surface area contributed by atoms with Gasteiger partial charge in [0.1, 0.15) is 10.6 Å². The van der Waals surface area contributed by atoms with Gasteiger partial charge in [-0.25, -0.2) is 0 Å². The lowest BCUT2D eigenvalue weighted by Gasteiger charge is -2.09. The smallest absolute Gasteiger partial charge is 0.426 e. The minimum absolute atomic E-state index is 0.170. The molecule has 0 unspecified atom stereocenters. The monoisotopic (exact) mass is 304 g/mol. The van der Waals surface area contributed by atoms with Gasteiger partial charge in [-0.15, -0.1) is 23.1 Å². The highest BCUT2D eigenvalue weighted by Crippen LogP contribution is 2.46. The summed E-state index contributed by atoms with van der Waals surface area (Å²) in [5, 5.41) is 1.40. The molecule has 0 aliphatic rings. The second-order valence-corrected chi connectivity index (χ2v) is 5.60. The lowest BCUT2D eigenvalue weighted by Crippen LogP contribution is -2.03. The summed E-state index contributed by atoms with van der Waals surface area (Å²) in [6.45, 7) is 0. The lowest BCUT2D eigenvalue weighted by atomic mass is 10.2. The van der Waals surface area contributed by atoms with Crippen molar-refractivity contribution in [3.8, 4) is 5.75 Å². The Morgan fingerprint density at radius 1 is 1.21 bits per heavy atom. The molecule has 102 valence electrons. The quantitative estimate of drug-likeness (QED) is 0.729. The predicted molar refractivity (Wildman–Crippen MR) is 71.9 cm³/mol. The van der Waals surface area contributed by atoms with Crippen LogP contribution in [0, 0.1) is 0 Å². The molecule has 0 N–H and O–H groups in total. The van der Waals surface area contributed by atoms with E-state index in [4.69, 9.17) is 4.74 Å². The number of halogens is 3. The summed E-state index contributed by atoms with van der Waals surface area (Å²) >= 11 is 1.82. The number of methoxy groups -OCH3 is 1. The maximum Gasteiger partial charge on any atom is 0.426 e. The van der Waals surface area contributed by atoms with Gasteiger partial charge in [-0.05, 0) is 5.56 Å². The zero-order valence-corrected chi connectivity index (χ0v) is 11.7. The van der Waals surface area contributed by atoms with Crippen molar-refractivity contribution in [2.75, 3.05) is 7.11 Å². The van der Waals surface area contributed by atoms with Crippen LogP contribution in [0.15, 0.2) is 40.6 Å². The normalized spacial score (nSPS) is 11.6. The third kappa shape index (κ3) is 3.45. The average molecular weight is 304 g/mol. The Morgan fingerprint density at radius 2 is 1.89 bits per heavy atom. The first-order chi connectivity index (χ1) is 9.02. The van der Waals surface area contributed by atoms with Gasteiger partial charge < -0.3 is 4.74 Å². The molecule has 2 aromatic rings. The number of alkyl halides is 3. The van der Waals surface area contributed by atoms with E-state index >= 15 is 0 Å². The number of thiophene rings is 1. The maximum absolute atomic E-state index is 12.9. The van der Waals surface area contributed by atoms with Gasteiger partial charge in [0.15, 0.2) is 0 Å². The maximum atomic E-state index is 12.9. The Labute approximate surface area is 117 Å². The first-order valence-corrected chi connectivity index (χ1v) is 7.28. The summed E-state index contributed by atoms with van der Waals surface area (Å²) in [7, 11) is 1.38. The van der Waals surface area contributed by atoms with E-state index < -0.39 is 11.1 Å². The summed E-state index contributed by atoms with van der Waals surface area (Å²) in [5.41, 5.74) is 0.980. The van der Waals surface area contributed by atoms with Gasteiger partial charge in [0.25, 0.3) is 0 Å². The molecule has 0 saturated carbocycles. The molecule has 0 aliphatic carbocycles. The van der Waals surface area contributed by atoms with E-state index in [1.54, 1.807) is 0 Å². The predicted octanol–water partition coefficient (Wildman–Crippen LogP) is 5.07. The van der Waals surface area contributed by atoms with Crippen LogP contribution < -0.4 is 4.74 Å². The van der Waals surface area contributed by atoms with Gasteiger partial charge in [-0.2, -0.15) is 13.2 Å². The Hall–Kier alpha value is -1.14. The third-order valence-electron chi connectivity index (χ3n) is 2.42. The summed E-state index contributed by atoms with van der Waals surface area (Å²) in [4.78, 5) is -0.422. The second-order valence-electron chi connectivity index (χ2n) is 3.73. The molecule has 0 bridgehead atoms. The Morgan fingerprint density at radius 3 is 2.47 bits per heavy atom. The fraction of sp³-hybridized carbons (Fsp3) is 0.231. The highest BCUT2D eigenvalue weighted by atomic mass is 32.2. The molecule has 0 amide bonds. The minimum Gasteiger partial charge on any atom is -0.495 e. The molecule has 19 heavy (non-hydrogen) atoms. The van der Waals surface area contributed by atoms with Gasteiger partial charge in [0.05, 0.1) is 12.0 Å². The second kappa shape index (κ2) is 5.88. The number of benzene rings is 1. The number of rotatable bonds is 4. The van der Waals surface area contributed by atoms with Gasteiger partial charge in [0.2, 0.25) is 0 Å². The van der Waals surface area contributed by atoms with Crippen molar-refractivity contribution in [3.05, 3.63) is 46.2 Å². The number of thioether (sulfide) groups is 1. The van der Waals surface area contributed by atoms with Gasteiger partial charge in [-0.1, -0.05) is 30.3 Å². The highest BCUT2D eigenvalue weighted by Gasteiger charge is 2.37. The number of ether oxygens (including phenoxy) is 1. The van der Waals surface area contributed by atoms with Crippen LogP contribution >= 0.6 is 23.1 Å². The molecule has 1 aromatic heterocycles. The van der Waals surface area contributed by atoms with Crippen molar-refractivity contribution < 1.29 is 17.9 Å². The molecular formula is C13H11F3OS2. The number of hydrogen-bond donors (Lipinski definition) is 0. The Bertz CT molecular complexity index is 535. The molecule has 0 saturated heterocycles. The average Bonchev–Trinajstić information content (AvgIpc) is 2.80.